The number of nitrogen functional groups attached to an aromatic ring is 1. The maximum atomic E-state index is 5.68. The highest BCUT2D eigenvalue weighted by molar-refractivity contribution is 7.22. The predicted octanol–water partition coefficient (Wildman–Crippen LogP) is 1.81. The summed E-state index contributed by atoms with van der Waals surface area (Å²) in [5.74, 6) is 1.00. The molecule has 0 atom stereocenters. The van der Waals surface area contributed by atoms with E-state index in [2.05, 4.69) is 14.9 Å². The Balaban J connectivity index is 2.01. The first-order valence-electron chi connectivity index (χ1n) is 4.83. The molecule has 3 heterocycles. The van der Waals surface area contributed by atoms with Crippen LogP contribution >= 0.6 is 11.3 Å². The van der Waals surface area contributed by atoms with Gasteiger partial charge in [0.2, 0.25) is 5.95 Å². The number of nitrogens with zero attached hydrogens (tertiary/aromatic N) is 2. The molecule has 0 radical (unpaired) electrons. The first kappa shape index (κ1) is 8.11. The molecule has 0 amide bonds. The Labute approximate surface area is 85.7 Å². The highest BCUT2D eigenvalue weighted by Crippen LogP contribution is 2.28. The monoisotopic (exact) mass is 208 g/mol. The second-order valence-electron chi connectivity index (χ2n) is 3.62. The van der Waals surface area contributed by atoms with Crippen molar-refractivity contribution in [2.45, 2.75) is 12.8 Å². The standard InChI is InChI=1S/C9H12N4S/c10-7-5-6-8(14-7)12-9(11-6)13-3-1-2-4-13/h5H,1-4,10H2,(H,11,12). The number of nitrogens with one attached hydrogen (secondary N) is 1. The lowest BCUT2D eigenvalue weighted by atomic mass is 10.4. The minimum absolute atomic E-state index is 0.826. The summed E-state index contributed by atoms with van der Waals surface area (Å²) in [4.78, 5) is 11.1. The third-order valence-corrected chi connectivity index (χ3v) is 3.45. The maximum Gasteiger partial charge on any atom is 0.204 e. The number of nitrogens with two attached hydrogens (primary N) is 1. The van der Waals surface area contributed by atoms with E-state index < -0.39 is 0 Å². The van der Waals surface area contributed by atoms with Crippen LogP contribution in [0.15, 0.2) is 6.07 Å². The van der Waals surface area contributed by atoms with Gasteiger partial charge in [-0.2, -0.15) is 0 Å². The Kier molecular flexibility index (Phi) is 1.67. The number of H-pyrrole nitrogens is 1. The molecule has 0 bridgehead atoms. The van der Waals surface area contributed by atoms with Crippen molar-refractivity contribution in [2.24, 2.45) is 0 Å². The summed E-state index contributed by atoms with van der Waals surface area (Å²) in [5.41, 5.74) is 6.75. The Morgan fingerprint density at radius 3 is 2.93 bits per heavy atom. The molecule has 0 spiro atoms. The molecule has 1 fully saturated rings. The van der Waals surface area contributed by atoms with E-state index in [-0.39, 0.29) is 0 Å². The minimum atomic E-state index is 0.826. The zero-order valence-corrected chi connectivity index (χ0v) is 8.60. The van der Waals surface area contributed by atoms with Crippen molar-refractivity contribution in [3.05, 3.63) is 6.07 Å². The number of thiophene rings is 1. The summed E-state index contributed by atoms with van der Waals surface area (Å²) in [7, 11) is 0. The third kappa shape index (κ3) is 1.16. The van der Waals surface area contributed by atoms with Crippen molar-refractivity contribution in [2.75, 3.05) is 23.7 Å². The second-order valence-corrected chi connectivity index (χ2v) is 4.68. The molecule has 5 heteroatoms. The van der Waals surface area contributed by atoms with Crippen LogP contribution in [0.25, 0.3) is 10.3 Å². The van der Waals surface area contributed by atoms with E-state index >= 15 is 0 Å². The van der Waals surface area contributed by atoms with E-state index in [0.29, 0.717) is 0 Å². The van der Waals surface area contributed by atoms with Crippen LogP contribution in [-0.2, 0) is 0 Å². The van der Waals surface area contributed by atoms with Crippen molar-refractivity contribution in [1.82, 2.24) is 9.97 Å². The van der Waals surface area contributed by atoms with E-state index in [1.165, 1.54) is 12.8 Å². The number of aromatic amines is 1. The van der Waals surface area contributed by atoms with Gasteiger partial charge in [-0.1, -0.05) is 11.3 Å². The number of hydrogen-bond acceptors (Lipinski definition) is 4. The predicted molar refractivity (Wildman–Crippen MR) is 59.8 cm³/mol. The van der Waals surface area contributed by atoms with E-state index in [1.54, 1.807) is 11.3 Å². The van der Waals surface area contributed by atoms with E-state index in [1.807, 2.05) is 6.07 Å². The van der Waals surface area contributed by atoms with Gasteiger partial charge in [-0.05, 0) is 18.9 Å². The SMILES string of the molecule is Nc1cc2[nH]c(N3CCCC3)nc2s1. The van der Waals surface area contributed by atoms with Crippen molar-refractivity contribution in [3.63, 3.8) is 0 Å². The van der Waals surface area contributed by atoms with Crippen LogP contribution < -0.4 is 10.6 Å². The van der Waals surface area contributed by atoms with Crippen molar-refractivity contribution in [1.29, 1.82) is 0 Å². The Morgan fingerprint density at radius 1 is 1.43 bits per heavy atom. The molecule has 1 saturated heterocycles. The lowest BCUT2D eigenvalue weighted by Gasteiger charge is -2.12. The molecule has 14 heavy (non-hydrogen) atoms. The summed E-state index contributed by atoms with van der Waals surface area (Å²) < 4.78 is 0. The summed E-state index contributed by atoms with van der Waals surface area (Å²) >= 11 is 1.54. The third-order valence-electron chi connectivity index (χ3n) is 2.59. The molecule has 1 aliphatic heterocycles. The number of hydrogen-bond donors (Lipinski definition) is 2. The average molecular weight is 208 g/mol. The van der Waals surface area contributed by atoms with Gasteiger partial charge >= 0.3 is 0 Å². The van der Waals surface area contributed by atoms with Crippen LogP contribution in [0.2, 0.25) is 0 Å². The fourth-order valence-corrected chi connectivity index (χ4v) is 2.65. The molecular weight excluding hydrogens is 196 g/mol. The molecule has 0 aliphatic carbocycles. The molecule has 74 valence electrons. The smallest absolute Gasteiger partial charge is 0.204 e. The molecule has 3 rings (SSSR count). The van der Waals surface area contributed by atoms with Gasteiger partial charge in [-0.15, -0.1) is 0 Å². The summed E-state index contributed by atoms with van der Waals surface area (Å²) in [6.45, 7) is 2.24. The van der Waals surface area contributed by atoms with Crippen LogP contribution in [0.3, 0.4) is 0 Å². The topological polar surface area (TPSA) is 57.9 Å². The second kappa shape index (κ2) is 2.88. The van der Waals surface area contributed by atoms with Gasteiger partial charge < -0.3 is 15.6 Å². The zero-order valence-electron chi connectivity index (χ0n) is 7.79. The summed E-state index contributed by atoms with van der Waals surface area (Å²) in [5, 5.41) is 0.826. The molecule has 1 aliphatic rings. The Bertz CT molecular complexity index is 421. The molecule has 2 aromatic heterocycles. The lowest BCUT2D eigenvalue weighted by Crippen LogP contribution is -2.18. The molecule has 4 nitrogen and oxygen atoms in total. The van der Waals surface area contributed by atoms with Crippen LogP contribution in [0.4, 0.5) is 10.9 Å². The van der Waals surface area contributed by atoms with Crippen molar-refractivity contribution in [3.8, 4) is 0 Å². The van der Waals surface area contributed by atoms with Gasteiger partial charge in [-0.25, -0.2) is 4.98 Å². The molecular formula is C9H12N4S. The van der Waals surface area contributed by atoms with Crippen LogP contribution in [0.5, 0.6) is 0 Å². The first-order valence-corrected chi connectivity index (χ1v) is 5.64. The van der Waals surface area contributed by atoms with Crippen LogP contribution in [0, 0.1) is 0 Å². The van der Waals surface area contributed by atoms with Crippen molar-refractivity contribution >= 4 is 32.6 Å². The summed E-state index contributed by atoms with van der Waals surface area (Å²) in [6, 6.07) is 1.95. The highest BCUT2D eigenvalue weighted by Gasteiger charge is 2.16. The number of fused-ring (bicyclic) bond motifs is 1. The van der Waals surface area contributed by atoms with E-state index in [9.17, 15) is 0 Å². The molecule has 0 unspecified atom stereocenters. The summed E-state index contributed by atoms with van der Waals surface area (Å²) in [6.07, 6.45) is 2.55. The fourth-order valence-electron chi connectivity index (χ4n) is 1.90. The fraction of sp³-hybridized carbons (Fsp3) is 0.444. The number of rotatable bonds is 1. The largest absolute Gasteiger partial charge is 0.390 e. The molecule has 0 saturated carbocycles. The van der Waals surface area contributed by atoms with Crippen molar-refractivity contribution < 1.29 is 0 Å². The average Bonchev–Trinajstić information content (AvgIpc) is 2.74. The Hall–Kier alpha value is -1.23. The normalized spacial score (nSPS) is 17.0. The maximum absolute atomic E-state index is 5.68. The van der Waals surface area contributed by atoms with Gasteiger partial charge in [-0.3, -0.25) is 0 Å². The first-order chi connectivity index (χ1) is 6.83. The number of aromatic nitrogens is 2. The van der Waals surface area contributed by atoms with Gasteiger partial charge in [0.25, 0.3) is 0 Å². The van der Waals surface area contributed by atoms with Gasteiger partial charge in [0.15, 0.2) is 0 Å². The molecule has 3 N–H and O–H groups in total. The zero-order chi connectivity index (χ0) is 9.54. The van der Waals surface area contributed by atoms with E-state index in [0.717, 1.165) is 34.4 Å². The minimum Gasteiger partial charge on any atom is -0.390 e. The van der Waals surface area contributed by atoms with Crippen LogP contribution in [-0.4, -0.2) is 23.1 Å². The molecule has 0 aromatic carbocycles. The quantitative estimate of drug-likeness (QED) is 0.751. The van der Waals surface area contributed by atoms with Crippen LogP contribution in [0.1, 0.15) is 12.8 Å². The number of anilines is 2. The van der Waals surface area contributed by atoms with E-state index in [4.69, 9.17) is 5.73 Å². The molecule has 2 aromatic rings. The number of imidazole rings is 1. The van der Waals surface area contributed by atoms with Gasteiger partial charge in [0, 0.05) is 13.1 Å². The highest BCUT2D eigenvalue weighted by atomic mass is 32.1. The van der Waals surface area contributed by atoms with Gasteiger partial charge in [0.05, 0.1) is 10.5 Å². The Morgan fingerprint density at radius 2 is 2.21 bits per heavy atom. The lowest BCUT2D eigenvalue weighted by molar-refractivity contribution is 0.922. The van der Waals surface area contributed by atoms with Gasteiger partial charge in [0.1, 0.15) is 4.83 Å².